The Morgan fingerprint density at radius 1 is 1.24 bits per heavy atom. The molecule has 0 aliphatic rings. The molecule has 0 unspecified atom stereocenters. The van der Waals surface area contributed by atoms with Crippen molar-refractivity contribution in [1.82, 2.24) is 0 Å². The lowest BCUT2D eigenvalue weighted by Gasteiger charge is -2.15. The summed E-state index contributed by atoms with van der Waals surface area (Å²) in [6.45, 7) is 3.43. The quantitative estimate of drug-likeness (QED) is 0.462. The minimum absolute atomic E-state index is 0.0342. The van der Waals surface area contributed by atoms with Crippen LogP contribution in [-0.2, 0) is 16.0 Å². The van der Waals surface area contributed by atoms with Gasteiger partial charge in [0, 0.05) is 15.9 Å². The van der Waals surface area contributed by atoms with Gasteiger partial charge in [-0.1, -0.05) is 13.8 Å². The van der Waals surface area contributed by atoms with Gasteiger partial charge in [-0.2, -0.15) is 0 Å². The van der Waals surface area contributed by atoms with Crippen LogP contribution in [0.2, 0.25) is 0 Å². The van der Waals surface area contributed by atoms with E-state index in [9.17, 15) is 9.59 Å². The number of carbonyl (C=O) groups excluding carboxylic acids is 1. The van der Waals surface area contributed by atoms with Crippen molar-refractivity contribution in [3.05, 3.63) is 22.3 Å². The van der Waals surface area contributed by atoms with Crippen molar-refractivity contribution in [2.45, 2.75) is 26.7 Å². The molecule has 1 aromatic rings. The third-order valence-corrected chi connectivity index (χ3v) is 5.73. The van der Waals surface area contributed by atoms with Gasteiger partial charge >= 0.3 is 5.97 Å². The molecule has 0 aliphatic carbocycles. The van der Waals surface area contributed by atoms with Crippen molar-refractivity contribution >= 4 is 79.5 Å². The largest absolute Gasteiger partial charge is 0.480 e. The fourth-order valence-corrected chi connectivity index (χ4v) is 5.86. The van der Waals surface area contributed by atoms with Crippen LogP contribution in [0.4, 0.5) is 0 Å². The summed E-state index contributed by atoms with van der Waals surface area (Å²) in [5.41, 5.74) is 1.05. The van der Waals surface area contributed by atoms with Crippen molar-refractivity contribution in [2.75, 3.05) is 6.61 Å². The minimum Gasteiger partial charge on any atom is -0.480 e. The van der Waals surface area contributed by atoms with Gasteiger partial charge in [-0.25, -0.2) is 4.79 Å². The van der Waals surface area contributed by atoms with Crippen molar-refractivity contribution in [3.63, 3.8) is 0 Å². The van der Waals surface area contributed by atoms with E-state index < -0.39 is 5.97 Å². The lowest BCUT2D eigenvalue weighted by molar-refractivity contribution is -0.139. The van der Waals surface area contributed by atoms with Crippen LogP contribution >= 0.6 is 67.8 Å². The Balaban J connectivity index is 3.00. The van der Waals surface area contributed by atoms with Gasteiger partial charge in [-0.15, -0.1) is 0 Å². The van der Waals surface area contributed by atoms with Crippen LogP contribution in [0, 0.1) is 16.6 Å². The van der Waals surface area contributed by atoms with E-state index in [1.165, 1.54) is 0 Å². The third kappa shape index (κ3) is 5.81. The second-order valence-electron chi connectivity index (χ2n) is 4.77. The van der Waals surface area contributed by atoms with Crippen molar-refractivity contribution < 1.29 is 19.4 Å². The summed E-state index contributed by atoms with van der Waals surface area (Å²) in [6.07, 6.45) is 1.14. The highest BCUT2D eigenvalue weighted by Crippen LogP contribution is 2.34. The number of hydrogen-bond donors (Lipinski definition) is 1. The summed E-state index contributed by atoms with van der Waals surface area (Å²) in [5.74, 6) is -0.150. The first-order chi connectivity index (χ1) is 9.73. The predicted octanol–water partition coefficient (Wildman–Crippen LogP) is 4.12. The molecule has 0 spiro atoms. The molecule has 0 saturated carbocycles. The molecule has 0 amide bonds. The highest BCUT2D eigenvalue weighted by molar-refractivity contribution is 14.1. The number of Topliss-reactive ketones (excluding diaryl/α,β-unsaturated/α-hetero) is 1. The van der Waals surface area contributed by atoms with E-state index in [1.54, 1.807) is 0 Å². The second-order valence-corrected chi connectivity index (χ2v) is 8.17. The molecule has 1 N–H and O–H groups in total. The van der Waals surface area contributed by atoms with E-state index in [0.29, 0.717) is 18.6 Å². The normalized spacial score (nSPS) is 10.8. The number of carbonyl (C=O) groups is 2. The maximum Gasteiger partial charge on any atom is 0.341 e. The zero-order chi connectivity index (χ0) is 16.2. The molecular formula is C14H15I3O4. The van der Waals surface area contributed by atoms with Gasteiger partial charge in [0.25, 0.3) is 0 Å². The molecule has 0 bridgehead atoms. The molecule has 0 aliphatic heterocycles. The molecule has 116 valence electrons. The molecule has 21 heavy (non-hydrogen) atoms. The van der Waals surface area contributed by atoms with E-state index in [4.69, 9.17) is 9.84 Å². The van der Waals surface area contributed by atoms with Gasteiger partial charge in [0.15, 0.2) is 6.61 Å². The Labute approximate surface area is 164 Å². The summed E-state index contributed by atoms with van der Waals surface area (Å²) in [6, 6.07) is 1.95. The number of ether oxygens (including phenoxy) is 1. The number of carboxylic acids is 1. The second kappa shape index (κ2) is 8.85. The first kappa shape index (κ1) is 19.4. The fourth-order valence-electron chi connectivity index (χ4n) is 1.64. The van der Waals surface area contributed by atoms with Crippen molar-refractivity contribution in [3.8, 4) is 5.75 Å². The zero-order valence-electron chi connectivity index (χ0n) is 11.6. The molecule has 0 atom stereocenters. The zero-order valence-corrected chi connectivity index (χ0v) is 18.1. The molecule has 1 rings (SSSR count). The van der Waals surface area contributed by atoms with E-state index >= 15 is 0 Å². The van der Waals surface area contributed by atoms with E-state index in [-0.39, 0.29) is 18.3 Å². The van der Waals surface area contributed by atoms with Gasteiger partial charge in [-0.05, 0) is 85.8 Å². The Kier molecular flexibility index (Phi) is 8.17. The number of hydrogen-bond acceptors (Lipinski definition) is 3. The Morgan fingerprint density at radius 2 is 1.86 bits per heavy atom. The SMILES string of the molecule is CC(C)C(=O)CCc1c(I)cc(I)c(OCC(=O)O)c1I. The van der Waals surface area contributed by atoms with Crippen LogP contribution in [0.5, 0.6) is 5.75 Å². The summed E-state index contributed by atoms with van der Waals surface area (Å²) in [5, 5.41) is 8.74. The number of ketones is 1. The van der Waals surface area contributed by atoms with Crippen LogP contribution < -0.4 is 4.74 Å². The minimum atomic E-state index is -1.00. The number of aliphatic carboxylic acids is 1. The van der Waals surface area contributed by atoms with Crippen LogP contribution in [0.15, 0.2) is 6.07 Å². The van der Waals surface area contributed by atoms with Crippen LogP contribution in [0.1, 0.15) is 25.8 Å². The highest BCUT2D eigenvalue weighted by Gasteiger charge is 2.17. The molecule has 1 aromatic carbocycles. The van der Waals surface area contributed by atoms with E-state index in [2.05, 4.69) is 67.8 Å². The molecular weight excluding hydrogens is 613 g/mol. The first-order valence-electron chi connectivity index (χ1n) is 6.27. The first-order valence-corrected chi connectivity index (χ1v) is 9.51. The van der Waals surface area contributed by atoms with E-state index in [0.717, 1.165) is 16.3 Å². The van der Waals surface area contributed by atoms with Gasteiger partial charge in [0.1, 0.15) is 11.5 Å². The summed E-state index contributed by atoms with van der Waals surface area (Å²) < 4.78 is 8.21. The predicted molar refractivity (Wildman–Crippen MR) is 106 cm³/mol. The van der Waals surface area contributed by atoms with E-state index in [1.807, 2.05) is 19.9 Å². The Bertz CT molecular complexity index is 556. The smallest absolute Gasteiger partial charge is 0.341 e. The lowest BCUT2D eigenvalue weighted by Crippen LogP contribution is -2.13. The summed E-state index contributed by atoms with van der Waals surface area (Å²) in [4.78, 5) is 22.5. The number of halogens is 3. The Hall–Kier alpha value is 0.350. The van der Waals surface area contributed by atoms with Gasteiger partial charge in [0.05, 0.1) is 7.14 Å². The molecule has 0 fully saturated rings. The fraction of sp³-hybridized carbons (Fsp3) is 0.429. The van der Waals surface area contributed by atoms with Crippen LogP contribution in [0.3, 0.4) is 0 Å². The summed E-state index contributed by atoms with van der Waals surface area (Å²) >= 11 is 6.54. The topological polar surface area (TPSA) is 63.6 Å². The molecule has 0 heterocycles. The van der Waals surface area contributed by atoms with Crippen molar-refractivity contribution in [1.29, 1.82) is 0 Å². The molecule has 0 aromatic heterocycles. The van der Waals surface area contributed by atoms with Crippen LogP contribution in [0.25, 0.3) is 0 Å². The third-order valence-electron chi connectivity index (χ3n) is 2.83. The maximum atomic E-state index is 11.8. The standard InChI is InChI=1S/C14H15I3O4/c1-7(2)11(18)4-3-8-9(15)5-10(16)14(13(8)17)21-6-12(19)20/h5,7H,3-4,6H2,1-2H3,(H,19,20). The van der Waals surface area contributed by atoms with Gasteiger partial charge in [-0.3, -0.25) is 4.79 Å². The number of rotatable bonds is 7. The lowest BCUT2D eigenvalue weighted by atomic mass is 10.0. The summed E-state index contributed by atoms with van der Waals surface area (Å²) in [7, 11) is 0. The van der Waals surface area contributed by atoms with Gasteiger partial charge < -0.3 is 9.84 Å². The monoisotopic (exact) mass is 628 g/mol. The number of benzene rings is 1. The number of carboxylic acid groups (broad SMARTS) is 1. The van der Waals surface area contributed by atoms with Crippen LogP contribution in [-0.4, -0.2) is 23.5 Å². The maximum absolute atomic E-state index is 11.8. The van der Waals surface area contributed by atoms with Gasteiger partial charge in [0.2, 0.25) is 0 Å². The molecule has 7 heteroatoms. The average Bonchev–Trinajstić information content (AvgIpc) is 2.36. The molecule has 0 saturated heterocycles. The molecule has 4 nitrogen and oxygen atoms in total. The average molecular weight is 628 g/mol. The highest BCUT2D eigenvalue weighted by atomic mass is 127. The molecule has 0 radical (unpaired) electrons. The van der Waals surface area contributed by atoms with Crippen molar-refractivity contribution in [2.24, 2.45) is 5.92 Å². The Morgan fingerprint density at radius 3 is 2.38 bits per heavy atom.